The lowest BCUT2D eigenvalue weighted by Crippen LogP contribution is -2.30. The van der Waals surface area contributed by atoms with Crippen molar-refractivity contribution >= 4 is 5.97 Å². The van der Waals surface area contributed by atoms with Crippen molar-refractivity contribution in [1.29, 1.82) is 0 Å². The number of carbonyl (C=O) groups is 1. The molecule has 0 spiro atoms. The van der Waals surface area contributed by atoms with Crippen molar-refractivity contribution in [2.75, 3.05) is 26.2 Å². The van der Waals surface area contributed by atoms with E-state index in [0.717, 1.165) is 19.6 Å². The highest BCUT2D eigenvalue weighted by atomic mass is 16.5. The molecule has 0 aliphatic heterocycles. The van der Waals surface area contributed by atoms with Gasteiger partial charge in [0, 0.05) is 13.0 Å². The number of ether oxygens (including phenoxy) is 1. The molecule has 16 heavy (non-hydrogen) atoms. The van der Waals surface area contributed by atoms with Crippen LogP contribution in [0.5, 0.6) is 0 Å². The second kappa shape index (κ2) is 10.9. The molecule has 0 aliphatic carbocycles. The molecular weight excluding hydrogens is 202 g/mol. The first-order valence-corrected chi connectivity index (χ1v) is 6.62. The van der Waals surface area contributed by atoms with Crippen molar-refractivity contribution in [3.8, 4) is 0 Å². The highest BCUT2D eigenvalue weighted by Gasteiger charge is 2.05. The van der Waals surface area contributed by atoms with E-state index in [-0.39, 0.29) is 5.97 Å². The zero-order valence-electron chi connectivity index (χ0n) is 11.1. The lowest BCUT2D eigenvalue weighted by atomic mass is 10.2. The van der Waals surface area contributed by atoms with Gasteiger partial charge in [0.05, 0.1) is 0 Å². The fourth-order valence-electron chi connectivity index (χ4n) is 1.49. The Hall–Kier alpha value is -0.570. The molecule has 0 fully saturated rings. The van der Waals surface area contributed by atoms with Gasteiger partial charge in [-0.05, 0) is 25.9 Å². The minimum Gasteiger partial charge on any atom is -0.464 e. The van der Waals surface area contributed by atoms with Crippen molar-refractivity contribution in [2.24, 2.45) is 0 Å². The Labute approximate surface area is 100 Å². The number of rotatable bonds is 10. The topological polar surface area (TPSA) is 29.5 Å². The van der Waals surface area contributed by atoms with Crippen molar-refractivity contribution in [2.45, 2.75) is 52.9 Å². The Morgan fingerprint density at radius 3 is 2.00 bits per heavy atom. The highest BCUT2D eigenvalue weighted by Crippen LogP contribution is 1.99. The molecule has 0 saturated heterocycles. The van der Waals surface area contributed by atoms with E-state index in [0.29, 0.717) is 13.0 Å². The molecule has 96 valence electrons. The summed E-state index contributed by atoms with van der Waals surface area (Å²) in [7, 11) is 0. The standard InChI is InChI=1S/C13H27NO2/c1-4-7-9-14(10-8-5-2)11-12-16-13(15)6-3/h4-12H2,1-3H3. The van der Waals surface area contributed by atoms with Gasteiger partial charge in [-0.15, -0.1) is 0 Å². The molecule has 0 bridgehead atoms. The first-order valence-electron chi connectivity index (χ1n) is 6.62. The third kappa shape index (κ3) is 8.72. The summed E-state index contributed by atoms with van der Waals surface area (Å²) in [5.41, 5.74) is 0. The van der Waals surface area contributed by atoms with Crippen molar-refractivity contribution in [1.82, 2.24) is 4.90 Å². The highest BCUT2D eigenvalue weighted by molar-refractivity contribution is 5.68. The van der Waals surface area contributed by atoms with E-state index in [4.69, 9.17) is 4.74 Å². The van der Waals surface area contributed by atoms with Crippen LogP contribution >= 0.6 is 0 Å². The molecular formula is C13H27NO2. The third-order valence-corrected chi connectivity index (χ3v) is 2.62. The zero-order valence-corrected chi connectivity index (χ0v) is 11.1. The van der Waals surface area contributed by atoms with Crippen LogP contribution < -0.4 is 0 Å². The summed E-state index contributed by atoms with van der Waals surface area (Å²) in [6, 6.07) is 0. The van der Waals surface area contributed by atoms with Gasteiger partial charge < -0.3 is 4.74 Å². The molecule has 0 rings (SSSR count). The van der Waals surface area contributed by atoms with Gasteiger partial charge >= 0.3 is 5.97 Å². The van der Waals surface area contributed by atoms with E-state index in [2.05, 4.69) is 18.7 Å². The minimum atomic E-state index is -0.0917. The van der Waals surface area contributed by atoms with Gasteiger partial charge in [-0.3, -0.25) is 9.69 Å². The van der Waals surface area contributed by atoms with Crippen molar-refractivity contribution in [3.05, 3.63) is 0 Å². The maximum atomic E-state index is 11.0. The molecule has 0 amide bonds. The second-order valence-electron chi connectivity index (χ2n) is 4.12. The molecule has 3 nitrogen and oxygen atoms in total. The summed E-state index contributed by atoms with van der Waals surface area (Å²) < 4.78 is 5.10. The van der Waals surface area contributed by atoms with Gasteiger partial charge in [0.15, 0.2) is 0 Å². The maximum absolute atomic E-state index is 11.0. The average Bonchev–Trinajstić information content (AvgIpc) is 2.31. The average molecular weight is 229 g/mol. The molecule has 0 atom stereocenters. The van der Waals surface area contributed by atoms with Crippen LogP contribution in [0.2, 0.25) is 0 Å². The SMILES string of the molecule is CCCCN(CCCC)CCOC(=O)CC. The van der Waals surface area contributed by atoms with Crippen LogP contribution in [-0.2, 0) is 9.53 Å². The molecule has 0 aliphatic rings. The van der Waals surface area contributed by atoms with Gasteiger partial charge in [0.25, 0.3) is 0 Å². The molecule has 0 saturated carbocycles. The normalized spacial score (nSPS) is 10.8. The molecule has 3 heteroatoms. The summed E-state index contributed by atoms with van der Waals surface area (Å²) in [5, 5.41) is 0. The quantitative estimate of drug-likeness (QED) is 0.539. The first kappa shape index (κ1) is 15.4. The predicted octanol–water partition coefficient (Wildman–Crippen LogP) is 2.84. The molecule has 0 aromatic carbocycles. The van der Waals surface area contributed by atoms with Crippen LogP contribution in [0, 0.1) is 0 Å². The summed E-state index contributed by atoms with van der Waals surface area (Å²) in [4.78, 5) is 13.4. The summed E-state index contributed by atoms with van der Waals surface area (Å²) >= 11 is 0. The predicted molar refractivity (Wildman–Crippen MR) is 67.5 cm³/mol. The van der Waals surface area contributed by atoms with Crippen LogP contribution in [0.1, 0.15) is 52.9 Å². The minimum absolute atomic E-state index is 0.0917. The maximum Gasteiger partial charge on any atom is 0.305 e. The summed E-state index contributed by atoms with van der Waals surface area (Å²) in [6.45, 7) is 9.91. The largest absolute Gasteiger partial charge is 0.464 e. The van der Waals surface area contributed by atoms with Crippen LogP contribution in [0.3, 0.4) is 0 Å². The lowest BCUT2D eigenvalue weighted by molar-refractivity contribution is -0.143. The number of hydrogen-bond donors (Lipinski definition) is 0. The van der Waals surface area contributed by atoms with Crippen LogP contribution in [0.25, 0.3) is 0 Å². The number of esters is 1. The van der Waals surface area contributed by atoms with Gasteiger partial charge in [0.1, 0.15) is 6.61 Å². The van der Waals surface area contributed by atoms with E-state index in [1.54, 1.807) is 0 Å². The van der Waals surface area contributed by atoms with Crippen LogP contribution in [-0.4, -0.2) is 37.1 Å². The molecule has 0 radical (unpaired) electrons. The Balaban J connectivity index is 3.67. The van der Waals surface area contributed by atoms with E-state index >= 15 is 0 Å². The first-order chi connectivity index (χ1) is 7.74. The molecule has 0 aromatic heterocycles. The third-order valence-electron chi connectivity index (χ3n) is 2.62. The second-order valence-corrected chi connectivity index (χ2v) is 4.12. The van der Waals surface area contributed by atoms with Gasteiger partial charge in [-0.25, -0.2) is 0 Å². The van der Waals surface area contributed by atoms with Crippen LogP contribution in [0.4, 0.5) is 0 Å². The number of nitrogens with zero attached hydrogens (tertiary/aromatic N) is 1. The van der Waals surface area contributed by atoms with Gasteiger partial charge in [0.2, 0.25) is 0 Å². The van der Waals surface area contributed by atoms with E-state index in [1.165, 1.54) is 25.7 Å². The van der Waals surface area contributed by atoms with Crippen molar-refractivity contribution < 1.29 is 9.53 Å². The molecule has 0 heterocycles. The Kier molecular flexibility index (Phi) is 10.5. The molecule has 0 aromatic rings. The molecule has 0 unspecified atom stereocenters. The Morgan fingerprint density at radius 2 is 1.56 bits per heavy atom. The fraction of sp³-hybridized carbons (Fsp3) is 0.923. The number of hydrogen-bond acceptors (Lipinski definition) is 3. The monoisotopic (exact) mass is 229 g/mol. The summed E-state index contributed by atoms with van der Waals surface area (Å²) in [6.07, 6.45) is 5.37. The fourth-order valence-corrected chi connectivity index (χ4v) is 1.49. The number of unbranched alkanes of at least 4 members (excludes halogenated alkanes) is 2. The molecule has 0 N–H and O–H groups in total. The Bertz CT molecular complexity index is 163. The van der Waals surface area contributed by atoms with Crippen molar-refractivity contribution in [3.63, 3.8) is 0 Å². The lowest BCUT2D eigenvalue weighted by Gasteiger charge is -2.21. The summed E-state index contributed by atoms with van der Waals surface area (Å²) in [5.74, 6) is -0.0917. The zero-order chi connectivity index (χ0) is 12.2. The van der Waals surface area contributed by atoms with E-state index in [9.17, 15) is 4.79 Å². The Morgan fingerprint density at radius 1 is 1.00 bits per heavy atom. The van der Waals surface area contributed by atoms with E-state index in [1.807, 2.05) is 6.92 Å². The van der Waals surface area contributed by atoms with Gasteiger partial charge in [-0.1, -0.05) is 33.6 Å². The smallest absolute Gasteiger partial charge is 0.305 e. The number of carbonyl (C=O) groups excluding carboxylic acids is 1. The van der Waals surface area contributed by atoms with Crippen LogP contribution in [0.15, 0.2) is 0 Å². The van der Waals surface area contributed by atoms with E-state index < -0.39 is 0 Å². The van der Waals surface area contributed by atoms with Gasteiger partial charge in [-0.2, -0.15) is 0 Å².